The SMILES string of the molecule is COc1cc(C=C(C#N)C(=O)N2CCc3ccccc32)cc(OC)c1OC. The molecule has 0 N–H and O–H groups in total. The van der Waals surface area contributed by atoms with Gasteiger partial charge in [-0.05, 0) is 41.8 Å². The number of benzene rings is 2. The summed E-state index contributed by atoms with van der Waals surface area (Å²) in [6, 6.07) is 13.1. The second kappa shape index (κ2) is 7.83. The van der Waals surface area contributed by atoms with Gasteiger partial charge in [0, 0.05) is 12.2 Å². The Hall–Kier alpha value is -3.46. The van der Waals surface area contributed by atoms with Gasteiger partial charge in [0.05, 0.1) is 21.3 Å². The van der Waals surface area contributed by atoms with Crippen molar-refractivity contribution in [2.75, 3.05) is 32.8 Å². The highest BCUT2D eigenvalue weighted by Crippen LogP contribution is 2.39. The second-order valence-corrected chi connectivity index (χ2v) is 5.96. The molecule has 0 saturated carbocycles. The quantitative estimate of drug-likeness (QED) is 0.602. The Morgan fingerprint density at radius 2 is 1.78 bits per heavy atom. The Labute approximate surface area is 158 Å². The van der Waals surface area contributed by atoms with Crippen LogP contribution in [0.5, 0.6) is 17.2 Å². The number of para-hydroxylation sites is 1. The van der Waals surface area contributed by atoms with Crippen LogP contribution >= 0.6 is 0 Å². The maximum absolute atomic E-state index is 12.9. The summed E-state index contributed by atoms with van der Waals surface area (Å²) in [5.41, 5.74) is 2.62. The van der Waals surface area contributed by atoms with Crippen molar-refractivity contribution in [2.45, 2.75) is 6.42 Å². The molecule has 1 heterocycles. The Balaban J connectivity index is 1.98. The molecule has 1 amide bonds. The van der Waals surface area contributed by atoms with Crippen molar-refractivity contribution < 1.29 is 19.0 Å². The Morgan fingerprint density at radius 3 is 2.37 bits per heavy atom. The fourth-order valence-corrected chi connectivity index (χ4v) is 3.19. The molecule has 1 aliphatic rings. The smallest absolute Gasteiger partial charge is 0.268 e. The maximum atomic E-state index is 12.9. The molecule has 0 unspecified atom stereocenters. The first-order chi connectivity index (χ1) is 13.1. The fraction of sp³-hybridized carbons (Fsp3) is 0.238. The second-order valence-electron chi connectivity index (χ2n) is 5.96. The number of ether oxygens (including phenoxy) is 3. The predicted molar refractivity (Wildman–Crippen MR) is 102 cm³/mol. The van der Waals surface area contributed by atoms with Crippen LogP contribution < -0.4 is 19.1 Å². The van der Waals surface area contributed by atoms with Crippen molar-refractivity contribution in [1.29, 1.82) is 5.26 Å². The lowest BCUT2D eigenvalue weighted by Gasteiger charge is -2.17. The number of carbonyl (C=O) groups is 1. The highest BCUT2D eigenvalue weighted by atomic mass is 16.5. The van der Waals surface area contributed by atoms with Gasteiger partial charge in [-0.15, -0.1) is 0 Å². The number of methoxy groups -OCH3 is 3. The number of fused-ring (bicyclic) bond motifs is 1. The molecule has 27 heavy (non-hydrogen) atoms. The third-order valence-electron chi connectivity index (χ3n) is 4.48. The lowest BCUT2D eigenvalue weighted by molar-refractivity contribution is -0.114. The molecule has 2 aromatic carbocycles. The van der Waals surface area contributed by atoms with E-state index in [4.69, 9.17) is 14.2 Å². The molecule has 0 atom stereocenters. The van der Waals surface area contributed by atoms with Gasteiger partial charge in [-0.25, -0.2) is 0 Å². The van der Waals surface area contributed by atoms with Crippen LogP contribution in [0.4, 0.5) is 5.69 Å². The maximum Gasteiger partial charge on any atom is 0.268 e. The van der Waals surface area contributed by atoms with Gasteiger partial charge < -0.3 is 19.1 Å². The first kappa shape index (κ1) is 18.3. The van der Waals surface area contributed by atoms with E-state index < -0.39 is 0 Å². The van der Waals surface area contributed by atoms with Crippen LogP contribution in [0.15, 0.2) is 42.0 Å². The summed E-state index contributed by atoms with van der Waals surface area (Å²) in [7, 11) is 4.55. The normalized spacial score (nSPS) is 13.0. The van der Waals surface area contributed by atoms with E-state index in [-0.39, 0.29) is 11.5 Å². The monoisotopic (exact) mass is 364 g/mol. The van der Waals surface area contributed by atoms with E-state index >= 15 is 0 Å². The average Bonchev–Trinajstić information content (AvgIpc) is 3.14. The van der Waals surface area contributed by atoms with E-state index in [1.807, 2.05) is 30.3 Å². The van der Waals surface area contributed by atoms with Crippen LogP contribution in [-0.4, -0.2) is 33.8 Å². The molecule has 6 nitrogen and oxygen atoms in total. The lowest BCUT2D eigenvalue weighted by atomic mass is 10.1. The predicted octanol–water partition coefficient (Wildman–Crippen LogP) is 3.21. The summed E-state index contributed by atoms with van der Waals surface area (Å²) in [5, 5.41) is 9.57. The van der Waals surface area contributed by atoms with Crippen molar-refractivity contribution in [3.8, 4) is 23.3 Å². The highest BCUT2D eigenvalue weighted by molar-refractivity contribution is 6.12. The van der Waals surface area contributed by atoms with E-state index in [0.717, 1.165) is 17.7 Å². The molecular weight excluding hydrogens is 344 g/mol. The number of anilines is 1. The number of carbonyl (C=O) groups excluding carboxylic acids is 1. The molecule has 0 saturated heterocycles. The van der Waals surface area contributed by atoms with Crippen LogP contribution in [0.1, 0.15) is 11.1 Å². The molecular formula is C21H20N2O4. The summed E-state index contributed by atoms with van der Waals surface area (Å²) >= 11 is 0. The van der Waals surface area contributed by atoms with Crippen LogP contribution in [0.25, 0.3) is 6.08 Å². The molecule has 0 radical (unpaired) electrons. The van der Waals surface area contributed by atoms with Gasteiger partial charge in [0.25, 0.3) is 5.91 Å². The zero-order valence-corrected chi connectivity index (χ0v) is 15.5. The van der Waals surface area contributed by atoms with Crippen LogP contribution in [-0.2, 0) is 11.2 Å². The Morgan fingerprint density at radius 1 is 1.11 bits per heavy atom. The van der Waals surface area contributed by atoms with Crippen molar-refractivity contribution in [3.63, 3.8) is 0 Å². The van der Waals surface area contributed by atoms with Gasteiger partial charge in [-0.2, -0.15) is 5.26 Å². The van der Waals surface area contributed by atoms with Crippen LogP contribution in [0.3, 0.4) is 0 Å². The highest BCUT2D eigenvalue weighted by Gasteiger charge is 2.26. The van der Waals surface area contributed by atoms with E-state index in [1.165, 1.54) is 27.4 Å². The summed E-state index contributed by atoms with van der Waals surface area (Å²) in [4.78, 5) is 14.6. The summed E-state index contributed by atoms with van der Waals surface area (Å²) in [5.74, 6) is 1.05. The molecule has 2 aromatic rings. The number of nitrogens with zero attached hydrogens (tertiary/aromatic N) is 2. The molecule has 0 aliphatic carbocycles. The third kappa shape index (κ3) is 3.44. The Bertz CT molecular complexity index is 918. The summed E-state index contributed by atoms with van der Waals surface area (Å²) in [6.45, 7) is 0.562. The van der Waals surface area contributed by atoms with Gasteiger partial charge in [-0.3, -0.25) is 4.79 Å². The van der Waals surface area contributed by atoms with Gasteiger partial charge in [0.15, 0.2) is 11.5 Å². The van der Waals surface area contributed by atoms with Crippen molar-refractivity contribution in [3.05, 3.63) is 53.1 Å². The molecule has 1 aliphatic heterocycles. The van der Waals surface area contributed by atoms with Crippen molar-refractivity contribution in [2.24, 2.45) is 0 Å². The largest absolute Gasteiger partial charge is 0.493 e. The number of hydrogen-bond donors (Lipinski definition) is 0. The van der Waals surface area contributed by atoms with E-state index in [1.54, 1.807) is 17.0 Å². The molecule has 0 aromatic heterocycles. The van der Waals surface area contributed by atoms with E-state index in [0.29, 0.717) is 29.4 Å². The number of amides is 1. The molecule has 0 fully saturated rings. The number of hydrogen-bond acceptors (Lipinski definition) is 5. The molecule has 0 spiro atoms. The zero-order chi connectivity index (χ0) is 19.4. The third-order valence-corrected chi connectivity index (χ3v) is 4.48. The van der Waals surface area contributed by atoms with Crippen LogP contribution in [0, 0.1) is 11.3 Å². The summed E-state index contributed by atoms with van der Waals surface area (Å²) in [6.07, 6.45) is 2.32. The lowest BCUT2D eigenvalue weighted by Crippen LogP contribution is -2.29. The van der Waals surface area contributed by atoms with Gasteiger partial charge in [0.1, 0.15) is 11.6 Å². The van der Waals surface area contributed by atoms with Crippen LogP contribution in [0.2, 0.25) is 0 Å². The van der Waals surface area contributed by atoms with Crippen molar-refractivity contribution in [1.82, 2.24) is 0 Å². The first-order valence-electron chi connectivity index (χ1n) is 8.44. The van der Waals surface area contributed by atoms with Gasteiger partial charge in [0.2, 0.25) is 5.75 Å². The average molecular weight is 364 g/mol. The standard InChI is InChI=1S/C21H20N2O4/c1-25-18-11-14(12-19(26-2)20(18)27-3)10-16(13-22)21(24)23-9-8-15-6-4-5-7-17(15)23/h4-7,10-12H,8-9H2,1-3H3. The molecule has 0 bridgehead atoms. The fourth-order valence-electron chi connectivity index (χ4n) is 3.19. The minimum atomic E-state index is -0.323. The number of nitriles is 1. The molecule has 3 rings (SSSR count). The Kier molecular flexibility index (Phi) is 5.32. The zero-order valence-electron chi connectivity index (χ0n) is 15.5. The number of rotatable bonds is 5. The molecule has 6 heteroatoms. The van der Waals surface area contributed by atoms with E-state index in [9.17, 15) is 10.1 Å². The topological polar surface area (TPSA) is 71.8 Å². The minimum absolute atomic E-state index is 0.0426. The van der Waals surface area contributed by atoms with Gasteiger partial charge >= 0.3 is 0 Å². The minimum Gasteiger partial charge on any atom is -0.493 e. The van der Waals surface area contributed by atoms with E-state index in [2.05, 4.69) is 0 Å². The van der Waals surface area contributed by atoms with Crippen molar-refractivity contribution >= 4 is 17.7 Å². The summed E-state index contributed by atoms with van der Waals surface area (Å²) < 4.78 is 16.0. The molecule has 138 valence electrons. The first-order valence-corrected chi connectivity index (χ1v) is 8.44. The van der Waals surface area contributed by atoms with Gasteiger partial charge in [-0.1, -0.05) is 18.2 Å².